The fourth-order valence-corrected chi connectivity index (χ4v) is 2.62. The molecule has 2 amide bonds. The molecule has 2 N–H and O–H groups in total. The topological polar surface area (TPSA) is 77.0 Å². The first-order valence-corrected chi connectivity index (χ1v) is 8.11. The maximum absolute atomic E-state index is 12.1. The summed E-state index contributed by atoms with van der Waals surface area (Å²) < 4.78 is 0. The molecule has 0 aliphatic carbocycles. The summed E-state index contributed by atoms with van der Waals surface area (Å²) in [6, 6.07) is 7.13. The zero-order valence-corrected chi connectivity index (χ0v) is 14.6. The number of amides is 2. The zero-order valence-electron chi connectivity index (χ0n) is 14.6. The maximum atomic E-state index is 12.1. The number of anilines is 1. The lowest BCUT2D eigenvalue weighted by molar-refractivity contribution is -0.130. The molecule has 7 heteroatoms. The van der Waals surface area contributed by atoms with Crippen LogP contribution < -0.4 is 10.6 Å². The minimum atomic E-state index is -0.183. The molecule has 1 aliphatic rings. The van der Waals surface area contributed by atoms with Crippen molar-refractivity contribution in [2.45, 2.75) is 6.92 Å². The van der Waals surface area contributed by atoms with E-state index in [9.17, 15) is 9.59 Å². The molecule has 0 aromatic heterocycles. The molecule has 0 spiro atoms. The van der Waals surface area contributed by atoms with Gasteiger partial charge < -0.3 is 20.4 Å². The number of hydrogen-bond acceptors (Lipinski definition) is 3. The minimum absolute atomic E-state index is 0.0798. The average molecular weight is 341 g/mol. The minimum Gasteiger partial charge on any atom is -0.347 e. The zero-order chi connectivity index (χ0) is 18.2. The smallest absolute Gasteiger partial charge is 0.243 e. The van der Waals surface area contributed by atoms with E-state index >= 15 is 0 Å². The number of nitrogens with zero attached hydrogens (tertiary/aromatic N) is 3. The van der Waals surface area contributed by atoms with Crippen LogP contribution in [-0.4, -0.2) is 67.3 Å². The molecule has 0 saturated carbocycles. The second-order valence-electron chi connectivity index (χ2n) is 5.67. The molecule has 0 atom stereocenters. The summed E-state index contributed by atoms with van der Waals surface area (Å²) >= 11 is 0. The Hall–Kier alpha value is -3.01. The van der Waals surface area contributed by atoms with Crippen LogP contribution in [0.3, 0.4) is 0 Å². The number of nitrogens with one attached hydrogen (secondary N) is 2. The molecule has 2 rings (SSSR count). The second kappa shape index (κ2) is 8.73. The molecule has 1 aromatic carbocycles. The molecular weight excluding hydrogens is 318 g/mol. The molecule has 1 heterocycles. The Balaban J connectivity index is 1.83. The van der Waals surface area contributed by atoms with Crippen LogP contribution in [0.4, 0.5) is 5.69 Å². The van der Waals surface area contributed by atoms with Crippen molar-refractivity contribution in [2.75, 3.05) is 45.1 Å². The summed E-state index contributed by atoms with van der Waals surface area (Å²) in [5, 5.41) is 5.85. The summed E-state index contributed by atoms with van der Waals surface area (Å²) in [7, 11) is 1.67. The third kappa shape index (κ3) is 5.24. The molecule has 0 radical (unpaired) electrons. The molecule has 1 aliphatic heterocycles. The van der Waals surface area contributed by atoms with Gasteiger partial charge in [0.2, 0.25) is 11.8 Å². The molecule has 7 nitrogen and oxygen atoms in total. The van der Waals surface area contributed by atoms with Crippen molar-refractivity contribution in [3.05, 3.63) is 29.8 Å². The first kappa shape index (κ1) is 18.3. The third-order valence-corrected chi connectivity index (χ3v) is 3.96. The third-order valence-electron chi connectivity index (χ3n) is 3.96. The number of benzene rings is 1. The van der Waals surface area contributed by atoms with Gasteiger partial charge in [-0.05, 0) is 18.2 Å². The Bertz CT molecular complexity index is 700. The largest absolute Gasteiger partial charge is 0.347 e. The molecule has 1 saturated heterocycles. The van der Waals surface area contributed by atoms with E-state index in [2.05, 4.69) is 21.5 Å². The van der Waals surface area contributed by atoms with Crippen molar-refractivity contribution >= 4 is 23.5 Å². The van der Waals surface area contributed by atoms with Gasteiger partial charge in [-0.1, -0.05) is 12.0 Å². The molecule has 0 bridgehead atoms. The van der Waals surface area contributed by atoms with Crippen LogP contribution in [0.15, 0.2) is 29.3 Å². The summed E-state index contributed by atoms with van der Waals surface area (Å²) in [6.45, 7) is 4.35. The lowest BCUT2D eigenvalue weighted by atomic mass is 10.2. The Morgan fingerprint density at radius 2 is 1.92 bits per heavy atom. The van der Waals surface area contributed by atoms with Crippen molar-refractivity contribution in [3.63, 3.8) is 0 Å². The van der Waals surface area contributed by atoms with Crippen LogP contribution >= 0.6 is 0 Å². The fraction of sp³-hybridized carbons (Fsp3) is 0.389. The van der Waals surface area contributed by atoms with Gasteiger partial charge in [0.1, 0.15) is 0 Å². The van der Waals surface area contributed by atoms with Crippen LogP contribution in [0.25, 0.3) is 0 Å². The number of hydrogen-bond donors (Lipinski definition) is 2. The van der Waals surface area contributed by atoms with Crippen molar-refractivity contribution in [2.24, 2.45) is 4.99 Å². The highest BCUT2D eigenvalue weighted by molar-refractivity contribution is 5.95. The second-order valence-corrected chi connectivity index (χ2v) is 5.67. The Kier molecular flexibility index (Phi) is 6.40. The summed E-state index contributed by atoms with van der Waals surface area (Å²) in [5.74, 6) is 3.08. The van der Waals surface area contributed by atoms with E-state index < -0.39 is 0 Å². The molecule has 1 fully saturated rings. The predicted octanol–water partition coefficient (Wildman–Crippen LogP) is 0.346. The van der Waals surface area contributed by atoms with Crippen LogP contribution in [0, 0.1) is 12.3 Å². The molecule has 0 unspecified atom stereocenters. The van der Waals surface area contributed by atoms with Crippen molar-refractivity contribution in [3.8, 4) is 12.3 Å². The van der Waals surface area contributed by atoms with Gasteiger partial charge in [0.15, 0.2) is 5.96 Å². The summed E-state index contributed by atoms with van der Waals surface area (Å²) in [4.78, 5) is 31.5. The monoisotopic (exact) mass is 341 g/mol. The lowest BCUT2D eigenvalue weighted by Crippen LogP contribution is -2.54. The number of aliphatic imine (C=N–C) groups is 1. The van der Waals surface area contributed by atoms with Crippen LogP contribution in [0.1, 0.15) is 12.5 Å². The first-order chi connectivity index (χ1) is 12.0. The molecule has 132 valence electrons. The number of rotatable bonds is 3. The standard InChI is InChI=1S/C18H23N5O2/c1-4-15-6-5-7-16(12-15)21-17(25)13-20-18(19-3)23-10-8-22(9-11-23)14(2)24/h1,5-7,12H,8-11,13H2,2-3H3,(H,19,20)(H,21,25). The highest BCUT2D eigenvalue weighted by Crippen LogP contribution is 2.09. The van der Waals surface area contributed by atoms with Crippen molar-refractivity contribution in [1.82, 2.24) is 15.1 Å². The Morgan fingerprint density at radius 3 is 2.52 bits per heavy atom. The highest BCUT2D eigenvalue weighted by atomic mass is 16.2. The van der Waals surface area contributed by atoms with Crippen LogP contribution in [-0.2, 0) is 9.59 Å². The van der Waals surface area contributed by atoms with E-state index in [1.807, 2.05) is 4.90 Å². The van der Waals surface area contributed by atoms with Gasteiger partial charge in [-0.2, -0.15) is 0 Å². The van der Waals surface area contributed by atoms with E-state index in [1.165, 1.54) is 0 Å². The fourth-order valence-electron chi connectivity index (χ4n) is 2.62. The predicted molar refractivity (Wildman–Crippen MR) is 98.2 cm³/mol. The number of carbonyl (C=O) groups is 2. The van der Waals surface area contributed by atoms with Crippen LogP contribution in [0.5, 0.6) is 0 Å². The Morgan fingerprint density at radius 1 is 1.24 bits per heavy atom. The van der Waals surface area contributed by atoms with Gasteiger partial charge in [0.25, 0.3) is 0 Å². The van der Waals surface area contributed by atoms with E-state index in [0.29, 0.717) is 43.4 Å². The lowest BCUT2D eigenvalue weighted by Gasteiger charge is -2.36. The number of guanidine groups is 1. The van der Waals surface area contributed by atoms with Gasteiger partial charge in [-0.3, -0.25) is 14.6 Å². The van der Waals surface area contributed by atoms with Gasteiger partial charge in [0, 0.05) is 51.4 Å². The number of terminal acetylenes is 1. The Labute approximate surface area is 148 Å². The number of carbonyl (C=O) groups excluding carboxylic acids is 2. The van der Waals surface area contributed by atoms with Gasteiger partial charge in [-0.25, -0.2) is 0 Å². The van der Waals surface area contributed by atoms with E-state index in [1.54, 1.807) is 43.1 Å². The molecular formula is C18H23N5O2. The van der Waals surface area contributed by atoms with Gasteiger partial charge >= 0.3 is 0 Å². The van der Waals surface area contributed by atoms with E-state index in [4.69, 9.17) is 6.42 Å². The summed E-state index contributed by atoms with van der Waals surface area (Å²) in [5.41, 5.74) is 1.37. The number of piperazine rings is 1. The SMILES string of the molecule is C#Cc1cccc(NC(=O)CNC(=NC)N2CCN(C(C)=O)CC2)c1. The average Bonchev–Trinajstić information content (AvgIpc) is 2.62. The quantitative estimate of drug-likeness (QED) is 0.472. The van der Waals surface area contributed by atoms with Gasteiger partial charge in [0.05, 0.1) is 6.54 Å². The highest BCUT2D eigenvalue weighted by Gasteiger charge is 2.21. The van der Waals surface area contributed by atoms with E-state index in [-0.39, 0.29) is 18.4 Å². The van der Waals surface area contributed by atoms with Crippen molar-refractivity contribution in [1.29, 1.82) is 0 Å². The van der Waals surface area contributed by atoms with Crippen LogP contribution in [0.2, 0.25) is 0 Å². The molecule has 25 heavy (non-hydrogen) atoms. The summed E-state index contributed by atoms with van der Waals surface area (Å²) in [6.07, 6.45) is 5.36. The normalized spacial score (nSPS) is 14.7. The van der Waals surface area contributed by atoms with Gasteiger partial charge in [-0.15, -0.1) is 6.42 Å². The maximum Gasteiger partial charge on any atom is 0.243 e. The van der Waals surface area contributed by atoms with Crippen molar-refractivity contribution < 1.29 is 9.59 Å². The van der Waals surface area contributed by atoms with E-state index in [0.717, 1.165) is 0 Å². The first-order valence-electron chi connectivity index (χ1n) is 8.11. The molecule has 1 aromatic rings.